The summed E-state index contributed by atoms with van der Waals surface area (Å²) in [6, 6.07) is 5.15. The van der Waals surface area contributed by atoms with Gasteiger partial charge in [-0.1, -0.05) is 20.8 Å². The maximum absolute atomic E-state index is 3.48. The molecule has 0 saturated carbocycles. The highest BCUT2D eigenvalue weighted by Gasteiger charge is 2.16. The molecule has 102 valence electrons. The quantitative estimate of drug-likeness (QED) is 0.878. The van der Waals surface area contributed by atoms with Crippen LogP contribution >= 0.6 is 11.3 Å². The van der Waals surface area contributed by atoms with Crippen molar-refractivity contribution in [3.8, 4) is 0 Å². The lowest BCUT2D eigenvalue weighted by Gasteiger charge is -2.29. The van der Waals surface area contributed by atoms with Crippen LogP contribution in [-0.2, 0) is 13.1 Å². The van der Waals surface area contributed by atoms with Gasteiger partial charge in [0, 0.05) is 28.9 Å². The Bertz CT molecular complexity index is 351. The zero-order valence-corrected chi connectivity index (χ0v) is 12.7. The first-order chi connectivity index (χ1) is 8.63. The summed E-state index contributed by atoms with van der Waals surface area (Å²) in [4.78, 5) is 5.58. The molecule has 1 aromatic heterocycles. The van der Waals surface area contributed by atoms with Gasteiger partial charge < -0.3 is 5.32 Å². The average Bonchev–Trinajstić information content (AvgIpc) is 2.77. The third-order valence-electron chi connectivity index (χ3n) is 3.66. The van der Waals surface area contributed by atoms with Crippen molar-refractivity contribution in [2.75, 3.05) is 13.1 Å². The molecule has 3 heteroatoms. The lowest BCUT2D eigenvalue weighted by Crippen LogP contribution is -2.32. The normalized spacial score (nSPS) is 18.7. The minimum Gasteiger partial charge on any atom is -0.310 e. The molecule has 1 aliphatic rings. The van der Waals surface area contributed by atoms with E-state index in [-0.39, 0.29) is 0 Å². The minimum absolute atomic E-state index is 0.569. The molecule has 0 amide bonds. The molecule has 1 aliphatic heterocycles. The van der Waals surface area contributed by atoms with Gasteiger partial charge in [0.25, 0.3) is 0 Å². The Hall–Kier alpha value is -0.380. The maximum Gasteiger partial charge on any atom is 0.0328 e. The molecule has 1 saturated heterocycles. The molecule has 0 radical (unpaired) electrons. The lowest BCUT2D eigenvalue weighted by molar-refractivity contribution is 0.186. The van der Waals surface area contributed by atoms with Crippen LogP contribution in [0.15, 0.2) is 12.1 Å². The van der Waals surface area contributed by atoms with Gasteiger partial charge in [-0.2, -0.15) is 0 Å². The molecular weight excluding hydrogens is 240 g/mol. The van der Waals surface area contributed by atoms with Gasteiger partial charge in [-0.05, 0) is 44.0 Å². The molecule has 0 aliphatic carbocycles. The predicted octanol–water partition coefficient (Wildman–Crippen LogP) is 3.48. The van der Waals surface area contributed by atoms with E-state index in [1.807, 2.05) is 11.3 Å². The van der Waals surface area contributed by atoms with Crippen LogP contribution in [0.4, 0.5) is 0 Å². The second kappa shape index (κ2) is 6.69. The highest BCUT2D eigenvalue weighted by molar-refractivity contribution is 7.11. The van der Waals surface area contributed by atoms with Gasteiger partial charge >= 0.3 is 0 Å². The lowest BCUT2D eigenvalue weighted by atomic mass is 9.99. The fraction of sp³-hybridized carbons (Fsp3) is 0.733. The third-order valence-corrected chi connectivity index (χ3v) is 4.73. The third kappa shape index (κ3) is 4.38. The van der Waals surface area contributed by atoms with Crippen LogP contribution in [-0.4, -0.2) is 24.0 Å². The van der Waals surface area contributed by atoms with E-state index in [0.29, 0.717) is 6.04 Å². The van der Waals surface area contributed by atoms with Crippen LogP contribution in [0, 0.1) is 5.92 Å². The van der Waals surface area contributed by atoms with Crippen LogP contribution in [0.1, 0.15) is 43.4 Å². The summed E-state index contributed by atoms with van der Waals surface area (Å²) < 4.78 is 0. The Balaban J connectivity index is 1.79. The summed E-state index contributed by atoms with van der Waals surface area (Å²) in [7, 11) is 0. The second-order valence-corrected chi connectivity index (χ2v) is 7.12. The number of nitrogens with zero attached hydrogens (tertiary/aromatic N) is 1. The van der Waals surface area contributed by atoms with Crippen LogP contribution in [0.25, 0.3) is 0 Å². The fourth-order valence-electron chi connectivity index (χ4n) is 2.35. The molecular formula is C15H26N2S. The van der Waals surface area contributed by atoms with E-state index in [4.69, 9.17) is 0 Å². The molecule has 0 atom stereocenters. The summed E-state index contributed by atoms with van der Waals surface area (Å²) >= 11 is 1.97. The van der Waals surface area contributed by atoms with E-state index < -0.39 is 0 Å². The first-order valence-electron chi connectivity index (χ1n) is 7.17. The van der Waals surface area contributed by atoms with Gasteiger partial charge in [0.2, 0.25) is 0 Å². The smallest absolute Gasteiger partial charge is 0.0328 e. The molecule has 2 nitrogen and oxygen atoms in total. The molecule has 2 rings (SSSR count). The molecule has 1 fully saturated rings. The number of hydrogen-bond donors (Lipinski definition) is 1. The largest absolute Gasteiger partial charge is 0.310 e. The molecule has 0 aromatic carbocycles. The SMILES string of the molecule is CC1CCN(Cc2ccc(CNC(C)C)s2)CC1. The standard InChI is InChI=1S/C15H26N2S/c1-12(2)16-10-14-4-5-15(18-14)11-17-8-6-13(3)7-9-17/h4-5,12-13,16H,6-11H2,1-3H3. The molecule has 2 heterocycles. The molecule has 1 aromatic rings. The zero-order chi connectivity index (χ0) is 13.0. The van der Waals surface area contributed by atoms with Crippen molar-refractivity contribution in [1.29, 1.82) is 0 Å². The van der Waals surface area contributed by atoms with E-state index in [2.05, 4.69) is 43.1 Å². The Kier molecular flexibility index (Phi) is 5.22. The number of thiophene rings is 1. The van der Waals surface area contributed by atoms with Crippen molar-refractivity contribution in [1.82, 2.24) is 10.2 Å². The monoisotopic (exact) mass is 266 g/mol. The number of piperidine rings is 1. The van der Waals surface area contributed by atoms with Crippen LogP contribution in [0.5, 0.6) is 0 Å². The topological polar surface area (TPSA) is 15.3 Å². The summed E-state index contributed by atoms with van der Waals surface area (Å²) in [6.45, 7) is 11.5. The van der Waals surface area contributed by atoms with Gasteiger partial charge in [-0.3, -0.25) is 4.90 Å². The van der Waals surface area contributed by atoms with Crippen LogP contribution < -0.4 is 5.32 Å². The summed E-state index contributed by atoms with van der Waals surface area (Å²) in [6.07, 6.45) is 2.74. The molecule has 0 spiro atoms. The zero-order valence-electron chi connectivity index (χ0n) is 11.9. The van der Waals surface area contributed by atoms with Crippen LogP contribution in [0.3, 0.4) is 0 Å². The Morgan fingerprint density at radius 3 is 2.61 bits per heavy atom. The van der Waals surface area contributed by atoms with Gasteiger partial charge in [0.05, 0.1) is 0 Å². The Labute approximate surface area is 115 Å². The number of likely N-dealkylation sites (tertiary alicyclic amines) is 1. The maximum atomic E-state index is 3.48. The fourth-order valence-corrected chi connectivity index (χ4v) is 3.36. The van der Waals surface area contributed by atoms with Crippen molar-refractivity contribution in [2.24, 2.45) is 5.92 Å². The molecule has 0 bridgehead atoms. The average molecular weight is 266 g/mol. The van der Waals surface area contributed by atoms with Crippen molar-refractivity contribution in [2.45, 2.75) is 52.7 Å². The highest BCUT2D eigenvalue weighted by atomic mass is 32.1. The number of rotatable bonds is 5. The van der Waals surface area contributed by atoms with Crippen molar-refractivity contribution in [3.05, 3.63) is 21.9 Å². The first-order valence-corrected chi connectivity index (χ1v) is 7.98. The summed E-state index contributed by atoms with van der Waals surface area (Å²) in [5.74, 6) is 0.926. The van der Waals surface area contributed by atoms with Gasteiger partial charge in [0.15, 0.2) is 0 Å². The summed E-state index contributed by atoms with van der Waals surface area (Å²) in [5, 5.41) is 3.48. The van der Waals surface area contributed by atoms with Gasteiger partial charge in [-0.25, -0.2) is 0 Å². The minimum atomic E-state index is 0.569. The van der Waals surface area contributed by atoms with E-state index >= 15 is 0 Å². The molecule has 0 unspecified atom stereocenters. The number of nitrogens with one attached hydrogen (secondary N) is 1. The van der Waals surface area contributed by atoms with Crippen molar-refractivity contribution >= 4 is 11.3 Å². The Morgan fingerprint density at radius 2 is 1.94 bits per heavy atom. The predicted molar refractivity (Wildman–Crippen MR) is 80.0 cm³/mol. The Morgan fingerprint density at radius 1 is 1.28 bits per heavy atom. The highest BCUT2D eigenvalue weighted by Crippen LogP contribution is 2.22. The van der Waals surface area contributed by atoms with Gasteiger partial charge in [0.1, 0.15) is 0 Å². The van der Waals surface area contributed by atoms with E-state index in [0.717, 1.165) is 19.0 Å². The van der Waals surface area contributed by atoms with Crippen LogP contribution in [0.2, 0.25) is 0 Å². The van der Waals surface area contributed by atoms with Crippen molar-refractivity contribution in [3.63, 3.8) is 0 Å². The van der Waals surface area contributed by atoms with Crippen molar-refractivity contribution < 1.29 is 0 Å². The molecule has 1 N–H and O–H groups in total. The first kappa shape index (κ1) is 14.0. The molecule has 18 heavy (non-hydrogen) atoms. The summed E-state index contributed by atoms with van der Waals surface area (Å²) in [5.41, 5.74) is 0. The second-order valence-electron chi connectivity index (χ2n) is 5.86. The van der Waals surface area contributed by atoms with E-state index in [9.17, 15) is 0 Å². The van der Waals surface area contributed by atoms with Gasteiger partial charge in [-0.15, -0.1) is 11.3 Å². The number of hydrogen-bond acceptors (Lipinski definition) is 3. The van der Waals surface area contributed by atoms with E-state index in [1.165, 1.54) is 35.7 Å². The van der Waals surface area contributed by atoms with E-state index in [1.54, 1.807) is 0 Å².